The van der Waals surface area contributed by atoms with Gasteiger partial charge in [-0.05, 0) is 23.6 Å². The van der Waals surface area contributed by atoms with Crippen LogP contribution in [0, 0.1) is 0 Å². The molecule has 4 heteroatoms. The predicted octanol–water partition coefficient (Wildman–Crippen LogP) is 2.96. The summed E-state index contributed by atoms with van der Waals surface area (Å²) in [5, 5.41) is 15.3. The molecule has 1 unspecified atom stereocenters. The lowest BCUT2D eigenvalue weighted by Gasteiger charge is -2.19. The average Bonchev–Trinajstić information content (AvgIpc) is 2.90. The zero-order valence-electron chi connectivity index (χ0n) is 10.6. The van der Waals surface area contributed by atoms with E-state index in [1.165, 1.54) is 0 Å². The van der Waals surface area contributed by atoms with E-state index in [2.05, 4.69) is 16.3 Å². The van der Waals surface area contributed by atoms with E-state index in [1.54, 1.807) is 11.3 Å². The van der Waals surface area contributed by atoms with E-state index in [4.69, 9.17) is 0 Å². The summed E-state index contributed by atoms with van der Waals surface area (Å²) in [5.41, 5.74) is 2.16. The normalized spacial score (nSPS) is 12.2. The molecule has 0 bridgehead atoms. The molecule has 0 aliphatic heterocycles. The van der Waals surface area contributed by atoms with Crippen molar-refractivity contribution in [2.75, 3.05) is 30.9 Å². The number of rotatable bonds is 5. The Kier molecular flexibility index (Phi) is 4.23. The molecule has 0 saturated carbocycles. The molecular formula is C14H18N2OS. The Balaban J connectivity index is 2.02. The highest BCUT2D eigenvalue weighted by atomic mass is 32.1. The minimum absolute atomic E-state index is 0.458. The van der Waals surface area contributed by atoms with Gasteiger partial charge >= 0.3 is 0 Å². The van der Waals surface area contributed by atoms with Crippen molar-refractivity contribution >= 4 is 22.7 Å². The van der Waals surface area contributed by atoms with E-state index in [0.717, 1.165) is 16.3 Å². The molecule has 1 heterocycles. The number of benzene rings is 1. The molecule has 2 rings (SSSR count). The lowest BCUT2D eigenvalue weighted by Crippen LogP contribution is -2.15. The first-order valence-electron chi connectivity index (χ1n) is 5.90. The molecule has 1 atom stereocenters. The van der Waals surface area contributed by atoms with Gasteiger partial charge in [-0.1, -0.05) is 18.2 Å². The van der Waals surface area contributed by atoms with Gasteiger partial charge in [0.25, 0.3) is 0 Å². The highest BCUT2D eigenvalue weighted by Crippen LogP contribution is 2.25. The fraction of sp³-hybridized carbons (Fsp3) is 0.286. The van der Waals surface area contributed by atoms with Crippen LogP contribution in [-0.2, 0) is 0 Å². The van der Waals surface area contributed by atoms with Crippen molar-refractivity contribution in [2.45, 2.75) is 6.10 Å². The SMILES string of the molecule is CN(C)c1ccccc1NCC(O)c1cccs1. The maximum Gasteiger partial charge on any atom is 0.105 e. The molecule has 0 radical (unpaired) electrons. The van der Waals surface area contributed by atoms with Crippen molar-refractivity contribution < 1.29 is 5.11 Å². The molecule has 18 heavy (non-hydrogen) atoms. The smallest absolute Gasteiger partial charge is 0.105 e. The highest BCUT2D eigenvalue weighted by Gasteiger charge is 2.09. The number of hydrogen-bond donors (Lipinski definition) is 2. The summed E-state index contributed by atoms with van der Waals surface area (Å²) >= 11 is 1.58. The quantitative estimate of drug-likeness (QED) is 0.869. The Morgan fingerprint density at radius 2 is 2.00 bits per heavy atom. The second kappa shape index (κ2) is 5.89. The fourth-order valence-corrected chi connectivity index (χ4v) is 2.51. The zero-order valence-corrected chi connectivity index (χ0v) is 11.4. The molecule has 2 N–H and O–H groups in total. The van der Waals surface area contributed by atoms with Gasteiger partial charge in [-0.15, -0.1) is 11.3 Å². The van der Waals surface area contributed by atoms with Crippen molar-refractivity contribution in [1.82, 2.24) is 0 Å². The van der Waals surface area contributed by atoms with E-state index in [9.17, 15) is 5.11 Å². The summed E-state index contributed by atoms with van der Waals surface area (Å²) in [7, 11) is 4.02. The number of aliphatic hydroxyl groups is 1. The Labute approximate surface area is 112 Å². The molecule has 1 aromatic carbocycles. The zero-order chi connectivity index (χ0) is 13.0. The maximum atomic E-state index is 10.0. The lowest BCUT2D eigenvalue weighted by atomic mass is 10.2. The number of anilines is 2. The van der Waals surface area contributed by atoms with Crippen LogP contribution < -0.4 is 10.2 Å². The number of thiophene rings is 1. The minimum Gasteiger partial charge on any atom is -0.386 e. The molecule has 0 aliphatic carbocycles. The van der Waals surface area contributed by atoms with Crippen LogP contribution in [0.25, 0.3) is 0 Å². The second-order valence-electron chi connectivity index (χ2n) is 4.32. The fourth-order valence-electron chi connectivity index (χ4n) is 1.80. The summed E-state index contributed by atoms with van der Waals surface area (Å²) in [4.78, 5) is 3.05. The van der Waals surface area contributed by atoms with Gasteiger partial charge < -0.3 is 15.3 Å². The molecule has 0 amide bonds. The van der Waals surface area contributed by atoms with Crippen LogP contribution in [0.2, 0.25) is 0 Å². The largest absolute Gasteiger partial charge is 0.386 e. The Morgan fingerprint density at radius 3 is 2.67 bits per heavy atom. The average molecular weight is 262 g/mol. The van der Waals surface area contributed by atoms with Gasteiger partial charge in [-0.25, -0.2) is 0 Å². The monoisotopic (exact) mass is 262 g/mol. The van der Waals surface area contributed by atoms with Crippen LogP contribution in [0.15, 0.2) is 41.8 Å². The lowest BCUT2D eigenvalue weighted by molar-refractivity contribution is 0.195. The number of nitrogens with one attached hydrogen (secondary N) is 1. The topological polar surface area (TPSA) is 35.5 Å². The van der Waals surface area contributed by atoms with Gasteiger partial charge in [0.05, 0.1) is 11.4 Å². The molecule has 0 fully saturated rings. The molecular weight excluding hydrogens is 244 g/mol. The highest BCUT2D eigenvalue weighted by molar-refractivity contribution is 7.10. The van der Waals surface area contributed by atoms with Crippen molar-refractivity contribution in [3.05, 3.63) is 46.7 Å². The van der Waals surface area contributed by atoms with Crippen LogP contribution in [0.3, 0.4) is 0 Å². The Morgan fingerprint density at radius 1 is 1.22 bits per heavy atom. The summed E-state index contributed by atoms with van der Waals surface area (Å²) < 4.78 is 0. The van der Waals surface area contributed by atoms with Crippen LogP contribution in [0.1, 0.15) is 11.0 Å². The van der Waals surface area contributed by atoms with E-state index in [1.807, 2.05) is 49.8 Å². The standard InChI is InChI=1S/C14H18N2OS/c1-16(2)12-7-4-3-6-11(12)15-10-13(17)14-8-5-9-18-14/h3-9,13,15,17H,10H2,1-2H3. The minimum atomic E-state index is -0.458. The third-order valence-corrected chi connectivity index (χ3v) is 3.72. The Bertz CT molecular complexity index is 482. The predicted molar refractivity (Wildman–Crippen MR) is 78.5 cm³/mol. The van der Waals surface area contributed by atoms with E-state index in [-0.39, 0.29) is 0 Å². The number of para-hydroxylation sites is 2. The maximum absolute atomic E-state index is 10.0. The number of nitrogens with zero attached hydrogens (tertiary/aromatic N) is 1. The van der Waals surface area contributed by atoms with Crippen molar-refractivity contribution in [2.24, 2.45) is 0 Å². The van der Waals surface area contributed by atoms with Crippen LogP contribution >= 0.6 is 11.3 Å². The first-order chi connectivity index (χ1) is 8.68. The summed E-state index contributed by atoms with van der Waals surface area (Å²) in [5.74, 6) is 0. The van der Waals surface area contributed by atoms with Crippen molar-refractivity contribution in [3.63, 3.8) is 0 Å². The first kappa shape index (κ1) is 12.9. The van der Waals surface area contributed by atoms with Crippen LogP contribution in [0.5, 0.6) is 0 Å². The van der Waals surface area contributed by atoms with Gasteiger partial charge in [0, 0.05) is 25.5 Å². The molecule has 0 spiro atoms. The van der Waals surface area contributed by atoms with Crippen molar-refractivity contribution in [3.8, 4) is 0 Å². The van der Waals surface area contributed by atoms with E-state index in [0.29, 0.717) is 6.54 Å². The molecule has 2 aromatic rings. The summed E-state index contributed by atoms with van der Waals surface area (Å²) in [6, 6.07) is 12.0. The van der Waals surface area contributed by atoms with Crippen molar-refractivity contribution in [1.29, 1.82) is 0 Å². The van der Waals surface area contributed by atoms with Gasteiger partial charge in [-0.2, -0.15) is 0 Å². The van der Waals surface area contributed by atoms with Gasteiger partial charge in [-0.3, -0.25) is 0 Å². The summed E-state index contributed by atoms with van der Waals surface area (Å²) in [6.45, 7) is 0.519. The second-order valence-corrected chi connectivity index (χ2v) is 5.30. The van der Waals surface area contributed by atoms with E-state index < -0.39 is 6.10 Å². The molecule has 0 saturated heterocycles. The molecule has 0 aliphatic rings. The molecule has 3 nitrogen and oxygen atoms in total. The number of hydrogen-bond acceptors (Lipinski definition) is 4. The van der Waals surface area contributed by atoms with Gasteiger partial charge in [0.2, 0.25) is 0 Å². The molecule has 96 valence electrons. The first-order valence-corrected chi connectivity index (χ1v) is 6.78. The van der Waals surface area contributed by atoms with Gasteiger partial charge in [0.1, 0.15) is 6.10 Å². The van der Waals surface area contributed by atoms with Crippen LogP contribution in [0.4, 0.5) is 11.4 Å². The van der Waals surface area contributed by atoms with Gasteiger partial charge in [0.15, 0.2) is 0 Å². The third-order valence-electron chi connectivity index (χ3n) is 2.74. The third kappa shape index (κ3) is 3.03. The number of aliphatic hydroxyl groups excluding tert-OH is 1. The van der Waals surface area contributed by atoms with Crippen LogP contribution in [-0.4, -0.2) is 25.7 Å². The Hall–Kier alpha value is -1.52. The summed E-state index contributed by atoms with van der Waals surface area (Å²) in [6.07, 6.45) is -0.458. The van der Waals surface area contributed by atoms with E-state index >= 15 is 0 Å². The molecule has 1 aromatic heterocycles.